The van der Waals surface area contributed by atoms with Crippen molar-refractivity contribution in [2.75, 3.05) is 32.7 Å². The summed E-state index contributed by atoms with van der Waals surface area (Å²) >= 11 is 0. The Morgan fingerprint density at radius 2 is 1.52 bits per heavy atom. The number of phenols is 1. The largest absolute Gasteiger partial charge is 0.512 e. The molecule has 1 heterocycles. The fourth-order valence-electron chi connectivity index (χ4n) is 3.98. The van der Waals surface area contributed by atoms with Gasteiger partial charge in [-0.15, -0.1) is 0 Å². The zero-order chi connectivity index (χ0) is 23.4. The minimum atomic E-state index is -0.501. The van der Waals surface area contributed by atoms with Crippen molar-refractivity contribution in [3.63, 3.8) is 0 Å². The van der Waals surface area contributed by atoms with Crippen LogP contribution in [-0.4, -0.2) is 63.6 Å². The topological polar surface area (TPSA) is 107 Å². The van der Waals surface area contributed by atoms with Gasteiger partial charge in [0, 0.05) is 50.8 Å². The summed E-state index contributed by atoms with van der Waals surface area (Å²) in [5, 5.41) is 30.3. The quantitative estimate of drug-likeness (QED) is 0.534. The number of aliphatic hydroxyl groups excluding tert-OH is 1. The van der Waals surface area contributed by atoms with Crippen LogP contribution in [0.2, 0.25) is 0 Å². The molecule has 1 amide bonds. The standard InChI is InChI=1S/C25H25N3O5/c29-23-9-6-20(7-10-23)19-2-4-21(5-3-19)25(31)27-13-11-26(12-14-27)17-18-1-8-24(30)16-22(15-18)28(32)33/h1-7,9-10,15-16,29-30H,8,11-14,17H2. The van der Waals surface area contributed by atoms with Gasteiger partial charge in [0.15, 0.2) is 0 Å². The van der Waals surface area contributed by atoms with E-state index in [1.165, 1.54) is 12.2 Å². The van der Waals surface area contributed by atoms with E-state index in [4.69, 9.17) is 0 Å². The molecular formula is C25H25N3O5. The zero-order valence-corrected chi connectivity index (χ0v) is 18.1. The fraction of sp³-hybridized carbons (Fsp3) is 0.240. The molecule has 0 unspecified atom stereocenters. The summed E-state index contributed by atoms with van der Waals surface area (Å²) in [5.41, 5.74) is 3.21. The first-order valence-electron chi connectivity index (χ1n) is 10.7. The summed E-state index contributed by atoms with van der Waals surface area (Å²) < 4.78 is 0. The van der Waals surface area contributed by atoms with E-state index in [9.17, 15) is 25.1 Å². The van der Waals surface area contributed by atoms with E-state index in [-0.39, 0.29) is 29.5 Å². The second kappa shape index (κ2) is 9.70. The number of nitrogens with zero attached hydrogens (tertiary/aromatic N) is 3. The summed E-state index contributed by atoms with van der Waals surface area (Å²) in [6, 6.07) is 14.4. The Labute approximate surface area is 191 Å². The molecule has 170 valence electrons. The molecule has 2 N–H and O–H groups in total. The third kappa shape index (κ3) is 5.48. The Kier molecular flexibility index (Phi) is 6.55. The first kappa shape index (κ1) is 22.3. The van der Waals surface area contributed by atoms with Crippen LogP contribution in [0.5, 0.6) is 5.75 Å². The smallest absolute Gasteiger partial charge is 0.273 e. The van der Waals surface area contributed by atoms with E-state index < -0.39 is 4.92 Å². The van der Waals surface area contributed by atoms with Gasteiger partial charge in [0.25, 0.3) is 11.6 Å². The lowest BCUT2D eigenvalue weighted by atomic mass is 10.0. The van der Waals surface area contributed by atoms with Gasteiger partial charge < -0.3 is 15.1 Å². The predicted molar refractivity (Wildman–Crippen MR) is 124 cm³/mol. The summed E-state index contributed by atoms with van der Waals surface area (Å²) in [7, 11) is 0. The number of aromatic hydroxyl groups is 1. The van der Waals surface area contributed by atoms with Crippen LogP contribution in [0.3, 0.4) is 0 Å². The molecule has 1 aliphatic heterocycles. The second-order valence-corrected chi connectivity index (χ2v) is 8.14. The van der Waals surface area contributed by atoms with E-state index >= 15 is 0 Å². The lowest BCUT2D eigenvalue weighted by molar-refractivity contribution is -0.419. The van der Waals surface area contributed by atoms with Gasteiger partial charge in [0.2, 0.25) is 0 Å². The minimum Gasteiger partial charge on any atom is -0.512 e. The third-order valence-electron chi connectivity index (χ3n) is 5.83. The van der Waals surface area contributed by atoms with Gasteiger partial charge in [-0.2, -0.15) is 0 Å². The number of piperazine rings is 1. The van der Waals surface area contributed by atoms with E-state index in [0.29, 0.717) is 38.3 Å². The van der Waals surface area contributed by atoms with Crippen LogP contribution in [0.15, 0.2) is 83.8 Å². The van der Waals surface area contributed by atoms with Crippen LogP contribution < -0.4 is 0 Å². The molecule has 1 saturated heterocycles. The molecule has 2 aliphatic rings. The number of carbonyl (C=O) groups excluding carboxylic acids is 1. The normalized spacial score (nSPS) is 17.0. The van der Waals surface area contributed by atoms with Gasteiger partial charge in [-0.05, 0) is 41.0 Å². The van der Waals surface area contributed by atoms with Crippen molar-refractivity contribution in [2.45, 2.75) is 6.42 Å². The third-order valence-corrected chi connectivity index (χ3v) is 5.83. The number of carbonyl (C=O) groups is 1. The molecule has 8 heteroatoms. The van der Waals surface area contributed by atoms with Crippen molar-refractivity contribution in [2.24, 2.45) is 0 Å². The molecule has 4 rings (SSSR count). The van der Waals surface area contributed by atoms with Crippen molar-refractivity contribution in [1.82, 2.24) is 9.80 Å². The molecular weight excluding hydrogens is 422 g/mol. The molecule has 0 atom stereocenters. The van der Waals surface area contributed by atoms with Crippen LogP contribution in [0.1, 0.15) is 16.8 Å². The van der Waals surface area contributed by atoms with Crippen LogP contribution in [-0.2, 0) is 0 Å². The number of hydrogen-bond acceptors (Lipinski definition) is 6. The predicted octanol–water partition coefficient (Wildman–Crippen LogP) is 3.75. The first-order valence-corrected chi connectivity index (χ1v) is 10.7. The molecule has 0 radical (unpaired) electrons. The average Bonchev–Trinajstić information content (AvgIpc) is 3.01. The summed E-state index contributed by atoms with van der Waals surface area (Å²) in [6.45, 7) is 3.00. The maximum atomic E-state index is 12.9. The number of aliphatic hydroxyl groups is 1. The molecule has 1 aliphatic carbocycles. The van der Waals surface area contributed by atoms with Crippen molar-refractivity contribution < 1.29 is 19.9 Å². The van der Waals surface area contributed by atoms with Crippen LogP contribution in [0, 0.1) is 10.1 Å². The number of rotatable bonds is 5. The van der Waals surface area contributed by atoms with Gasteiger partial charge in [0.1, 0.15) is 11.5 Å². The number of allylic oxidation sites excluding steroid dienone is 2. The van der Waals surface area contributed by atoms with Crippen molar-refractivity contribution in [3.8, 4) is 16.9 Å². The highest BCUT2D eigenvalue weighted by molar-refractivity contribution is 5.94. The fourth-order valence-corrected chi connectivity index (χ4v) is 3.98. The summed E-state index contributed by atoms with van der Waals surface area (Å²) in [4.78, 5) is 27.5. The molecule has 0 bridgehead atoms. The maximum absolute atomic E-state index is 12.9. The zero-order valence-electron chi connectivity index (χ0n) is 18.1. The Bertz CT molecular complexity index is 1130. The number of phenolic OH excluding ortho intramolecular Hbond substituents is 1. The van der Waals surface area contributed by atoms with Crippen LogP contribution in [0.25, 0.3) is 11.1 Å². The minimum absolute atomic E-state index is 0.0229. The van der Waals surface area contributed by atoms with E-state index in [2.05, 4.69) is 4.90 Å². The molecule has 8 nitrogen and oxygen atoms in total. The van der Waals surface area contributed by atoms with E-state index in [1.807, 2.05) is 41.3 Å². The number of amides is 1. The van der Waals surface area contributed by atoms with E-state index in [1.54, 1.807) is 18.2 Å². The monoisotopic (exact) mass is 447 g/mol. The summed E-state index contributed by atoms with van der Waals surface area (Å²) in [5.74, 6) is 0.161. The van der Waals surface area contributed by atoms with Gasteiger partial charge in [-0.3, -0.25) is 19.8 Å². The molecule has 0 aromatic heterocycles. The van der Waals surface area contributed by atoms with Gasteiger partial charge in [-0.25, -0.2) is 0 Å². The number of nitro groups is 1. The van der Waals surface area contributed by atoms with Crippen molar-refractivity contribution in [3.05, 3.63) is 99.5 Å². The summed E-state index contributed by atoms with van der Waals surface area (Å²) in [6.07, 6.45) is 4.75. The maximum Gasteiger partial charge on any atom is 0.273 e. The second-order valence-electron chi connectivity index (χ2n) is 8.14. The Morgan fingerprint density at radius 1 is 0.909 bits per heavy atom. The highest BCUT2D eigenvalue weighted by atomic mass is 16.6. The van der Waals surface area contributed by atoms with Gasteiger partial charge in [-0.1, -0.05) is 30.3 Å². The van der Waals surface area contributed by atoms with Crippen molar-refractivity contribution in [1.29, 1.82) is 0 Å². The number of benzene rings is 2. The van der Waals surface area contributed by atoms with E-state index in [0.717, 1.165) is 16.7 Å². The molecule has 0 spiro atoms. The Morgan fingerprint density at radius 3 is 2.12 bits per heavy atom. The lowest BCUT2D eigenvalue weighted by Crippen LogP contribution is -2.49. The SMILES string of the molecule is O=C(c1ccc(-c2ccc(O)cc2)cc1)N1CCN(CC2=CCC(O)=CC([N+](=O)[O-])=C2)CC1. The Balaban J connectivity index is 1.34. The molecule has 33 heavy (non-hydrogen) atoms. The van der Waals surface area contributed by atoms with Gasteiger partial charge in [0.05, 0.1) is 11.0 Å². The van der Waals surface area contributed by atoms with Gasteiger partial charge >= 0.3 is 0 Å². The van der Waals surface area contributed by atoms with Crippen LogP contribution >= 0.6 is 0 Å². The molecule has 1 fully saturated rings. The Hall–Kier alpha value is -3.91. The number of hydrogen-bond donors (Lipinski definition) is 2. The first-order chi connectivity index (χ1) is 15.9. The highest BCUT2D eigenvalue weighted by Crippen LogP contribution is 2.23. The lowest BCUT2D eigenvalue weighted by Gasteiger charge is -2.35. The highest BCUT2D eigenvalue weighted by Gasteiger charge is 2.23. The molecule has 0 saturated carbocycles. The molecule has 2 aromatic rings. The van der Waals surface area contributed by atoms with Crippen LogP contribution in [0.4, 0.5) is 0 Å². The van der Waals surface area contributed by atoms with Crippen molar-refractivity contribution >= 4 is 5.91 Å². The molecule has 2 aromatic carbocycles. The average molecular weight is 447 g/mol.